The number of carbonyl (C=O) groups excluding carboxylic acids is 1. The zero-order valence-corrected chi connectivity index (χ0v) is 12.7. The van der Waals surface area contributed by atoms with Crippen molar-refractivity contribution in [3.05, 3.63) is 24.0 Å². The fraction of sp³-hybridized carbons (Fsp3) is 0.562. The first kappa shape index (κ1) is 15.8. The van der Waals surface area contributed by atoms with Crippen molar-refractivity contribution in [2.45, 2.75) is 51.6 Å². The van der Waals surface area contributed by atoms with Crippen molar-refractivity contribution in [1.82, 2.24) is 0 Å². The molecule has 1 aliphatic carbocycles. The predicted molar refractivity (Wildman–Crippen MR) is 83.7 cm³/mol. The van der Waals surface area contributed by atoms with Gasteiger partial charge in [-0.05, 0) is 51.3 Å². The van der Waals surface area contributed by atoms with Gasteiger partial charge < -0.3 is 16.4 Å². The first-order chi connectivity index (χ1) is 9.95. The van der Waals surface area contributed by atoms with Crippen molar-refractivity contribution in [2.75, 3.05) is 10.6 Å². The van der Waals surface area contributed by atoms with Crippen LogP contribution in [0.2, 0.25) is 0 Å². The summed E-state index contributed by atoms with van der Waals surface area (Å²) in [6, 6.07) is 4.68. The highest BCUT2D eigenvalue weighted by Gasteiger charge is 2.25. The zero-order chi connectivity index (χ0) is 15.4. The molecule has 0 heterocycles. The number of amides is 1. The maximum Gasteiger partial charge on any atom is 0.227 e. The van der Waals surface area contributed by atoms with E-state index in [2.05, 4.69) is 10.6 Å². The Kier molecular flexibility index (Phi) is 5.17. The number of halogens is 1. The van der Waals surface area contributed by atoms with Gasteiger partial charge in [-0.15, -0.1) is 0 Å². The van der Waals surface area contributed by atoms with Gasteiger partial charge in [-0.1, -0.05) is 6.42 Å². The summed E-state index contributed by atoms with van der Waals surface area (Å²) in [7, 11) is 0. The Morgan fingerprint density at radius 1 is 1.33 bits per heavy atom. The topological polar surface area (TPSA) is 67.1 Å². The molecule has 0 spiro atoms. The van der Waals surface area contributed by atoms with Crippen LogP contribution in [-0.4, -0.2) is 18.0 Å². The molecule has 0 saturated heterocycles. The summed E-state index contributed by atoms with van der Waals surface area (Å²) in [5, 5.41) is 6.06. The minimum Gasteiger partial charge on any atom is -0.381 e. The van der Waals surface area contributed by atoms with E-state index in [0.717, 1.165) is 24.9 Å². The van der Waals surface area contributed by atoms with E-state index >= 15 is 0 Å². The van der Waals surface area contributed by atoms with Crippen LogP contribution in [-0.2, 0) is 4.79 Å². The molecule has 0 aliphatic heterocycles. The van der Waals surface area contributed by atoms with Crippen LogP contribution in [0, 0.1) is 11.7 Å². The molecular weight excluding hydrogens is 269 g/mol. The summed E-state index contributed by atoms with van der Waals surface area (Å²) in [6.07, 6.45) is 3.50. The van der Waals surface area contributed by atoms with Crippen LogP contribution < -0.4 is 16.4 Å². The summed E-state index contributed by atoms with van der Waals surface area (Å²) in [5.41, 5.74) is 7.15. The number of rotatable bonds is 4. The third kappa shape index (κ3) is 4.43. The molecule has 0 radical (unpaired) electrons. The van der Waals surface area contributed by atoms with Gasteiger partial charge in [-0.2, -0.15) is 0 Å². The standard InChI is InChI=1S/C16H24FN3O/c1-10(2)19-14-7-6-12(17)9-15(14)20-16(21)11-4-3-5-13(18)8-11/h6-7,9-11,13,19H,3-5,8,18H2,1-2H3,(H,20,21). The lowest BCUT2D eigenvalue weighted by Crippen LogP contribution is -2.34. The summed E-state index contributed by atoms with van der Waals surface area (Å²) < 4.78 is 13.4. The lowest BCUT2D eigenvalue weighted by molar-refractivity contribution is -0.120. The number of hydrogen-bond acceptors (Lipinski definition) is 3. The number of hydrogen-bond donors (Lipinski definition) is 3. The number of nitrogens with one attached hydrogen (secondary N) is 2. The molecule has 1 aliphatic rings. The van der Waals surface area contributed by atoms with E-state index in [0.29, 0.717) is 12.1 Å². The number of anilines is 2. The third-order valence-corrected chi connectivity index (χ3v) is 3.77. The normalized spacial score (nSPS) is 22.1. The molecule has 1 saturated carbocycles. The second-order valence-electron chi connectivity index (χ2n) is 6.10. The second-order valence-corrected chi connectivity index (χ2v) is 6.10. The highest BCUT2D eigenvalue weighted by atomic mass is 19.1. The molecule has 21 heavy (non-hydrogen) atoms. The fourth-order valence-electron chi connectivity index (χ4n) is 2.76. The summed E-state index contributed by atoms with van der Waals surface area (Å²) in [6.45, 7) is 3.99. The molecule has 2 unspecified atom stereocenters. The largest absolute Gasteiger partial charge is 0.381 e. The second kappa shape index (κ2) is 6.89. The van der Waals surface area contributed by atoms with E-state index < -0.39 is 0 Å². The van der Waals surface area contributed by atoms with Gasteiger partial charge in [0.05, 0.1) is 11.4 Å². The quantitative estimate of drug-likeness (QED) is 0.799. The molecular formula is C16H24FN3O. The fourth-order valence-corrected chi connectivity index (χ4v) is 2.76. The van der Waals surface area contributed by atoms with E-state index in [-0.39, 0.29) is 29.7 Å². The van der Waals surface area contributed by atoms with E-state index in [4.69, 9.17) is 5.73 Å². The maximum absolute atomic E-state index is 13.4. The van der Waals surface area contributed by atoms with Crippen LogP contribution in [0.5, 0.6) is 0 Å². The van der Waals surface area contributed by atoms with Gasteiger partial charge in [-0.25, -0.2) is 4.39 Å². The van der Waals surface area contributed by atoms with Crippen molar-refractivity contribution >= 4 is 17.3 Å². The van der Waals surface area contributed by atoms with Crippen molar-refractivity contribution in [2.24, 2.45) is 11.7 Å². The SMILES string of the molecule is CC(C)Nc1ccc(F)cc1NC(=O)C1CCCC(N)C1. The molecule has 5 heteroatoms. The van der Waals surface area contributed by atoms with E-state index in [1.54, 1.807) is 6.07 Å². The molecule has 2 atom stereocenters. The lowest BCUT2D eigenvalue weighted by Gasteiger charge is -2.26. The van der Waals surface area contributed by atoms with Gasteiger partial charge in [0.25, 0.3) is 0 Å². The Hall–Kier alpha value is -1.62. The molecule has 1 aromatic rings. The summed E-state index contributed by atoms with van der Waals surface area (Å²) in [4.78, 5) is 12.3. The third-order valence-electron chi connectivity index (χ3n) is 3.77. The number of nitrogens with two attached hydrogens (primary N) is 1. The predicted octanol–water partition coefficient (Wildman–Crippen LogP) is 3.10. The van der Waals surface area contributed by atoms with Crippen molar-refractivity contribution in [3.63, 3.8) is 0 Å². The smallest absolute Gasteiger partial charge is 0.227 e. The van der Waals surface area contributed by atoms with Crippen LogP contribution in [0.15, 0.2) is 18.2 Å². The van der Waals surface area contributed by atoms with Crippen molar-refractivity contribution in [3.8, 4) is 0 Å². The average molecular weight is 293 g/mol. The van der Waals surface area contributed by atoms with Gasteiger partial charge in [0.15, 0.2) is 0 Å². The van der Waals surface area contributed by atoms with Crippen LogP contribution in [0.25, 0.3) is 0 Å². The first-order valence-electron chi connectivity index (χ1n) is 7.58. The Balaban J connectivity index is 2.10. The Morgan fingerprint density at radius 2 is 2.10 bits per heavy atom. The van der Waals surface area contributed by atoms with Crippen LogP contribution in [0.3, 0.4) is 0 Å². The van der Waals surface area contributed by atoms with Crippen LogP contribution in [0.4, 0.5) is 15.8 Å². The van der Waals surface area contributed by atoms with Crippen LogP contribution >= 0.6 is 0 Å². The Labute approximate surface area is 125 Å². The van der Waals surface area contributed by atoms with Crippen LogP contribution in [0.1, 0.15) is 39.5 Å². The molecule has 116 valence electrons. The van der Waals surface area contributed by atoms with E-state index in [1.165, 1.54) is 12.1 Å². The Bertz CT molecular complexity index is 504. The minimum absolute atomic E-state index is 0.0671. The minimum atomic E-state index is -0.361. The van der Waals surface area contributed by atoms with Gasteiger partial charge >= 0.3 is 0 Å². The first-order valence-corrected chi connectivity index (χ1v) is 7.58. The maximum atomic E-state index is 13.4. The van der Waals surface area contributed by atoms with Gasteiger partial charge in [-0.3, -0.25) is 4.79 Å². The van der Waals surface area contributed by atoms with Crippen molar-refractivity contribution < 1.29 is 9.18 Å². The molecule has 4 N–H and O–H groups in total. The highest BCUT2D eigenvalue weighted by molar-refractivity contribution is 5.95. The Morgan fingerprint density at radius 3 is 2.76 bits per heavy atom. The molecule has 2 rings (SSSR count). The molecule has 4 nitrogen and oxygen atoms in total. The van der Waals surface area contributed by atoms with E-state index in [9.17, 15) is 9.18 Å². The zero-order valence-electron chi connectivity index (χ0n) is 12.7. The molecule has 1 fully saturated rings. The van der Waals surface area contributed by atoms with E-state index in [1.807, 2.05) is 13.8 Å². The summed E-state index contributed by atoms with van der Waals surface area (Å²) >= 11 is 0. The van der Waals surface area contributed by atoms with Crippen molar-refractivity contribution in [1.29, 1.82) is 0 Å². The molecule has 1 amide bonds. The van der Waals surface area contributed by atoms with Gasteiger partial charge in [0.1, 0.15) is 5.82 Å². The number of benzene rings is 1. The van der Waals surface area contributed by atoms with Gasteiger partial charge in [0, 0.05) is 18.0 Å². The number of carbonyl (C=O) groups is 1. The van der Waals surface area contributed by atoms with Gasteiger partial charge in [0.2, 0.25) is 5.91 Å². The average Bonchev–Trinajstić information content (AvgIpc) is 2.41. The monoisotopic (exact) mass is 293 g/mol. The molecule has 0 aromatic heterocycles. The highest BCUT2D eigenvalue weighted by Crippen LogP contribution is 2.28. The molecule has 0 bridgehead atoms. The molecule has 1 aromatic carbocycles. The summed E-state index contributed by atoms with van der Waals surface area (Å²) in [5.74, 6) is -0.508. The lowest BCUT2D eigenvalue weighted by atomic mass is 9.85.